The van der Waals surface area contributed by atoms with E-state index in [1.807, 2.05) is 0 Å². The third-order valence-electron chi connectivity index (χ3n) is 7.09. The monoisotopic (exact) mass is 344 g/mol. The van der Waals surface area contributed by atoms with Gasteiger partial charge in [-0.25, -0.2) is 0 Å². The van der Waals surface area contributed by atoms with Gasteiger partial charge in [0.1, 0.15) is 0 Å². The highest BCUT2D eigenvalue weighted by Crippen LogP contribution is 2.36. The Hall–Kier alpha value is -0.520. The van der Waals surface area contributed by atoms with Crippen molar-refractivity contribution in [3.63, 3.8) is 0 Å². The topological polar surface area (TPSA) is 0 Å². The van der Waals surface area contributed by atoms with Crippen LogP contribution in [0.3, 0.4) is 0 Å². The summed E-state index contributed by atoms with van der Waals surface area (Å²) >= 11 is 0. The van der Waals surface area contributed by atoms with Crippen molar-refractivity contribution in [3.8, 4) is 0 Å². The molecule has 2 saturated carbocycles. The van der Waals surface area contributed by atoms with Crippen molar-refractivity contribution in [2.45, 2.75) is 110 Å². The summed E-state index contributed by atoms with van der Waals surface area (Å²) < 4.78 is 0. The van der Waals surface area contributed by atoms with Crippen LogP contribution >= 0.6 is 0 Å². The first-order valence-corrected chi connectivity index (χ1v) is 11.5. The quantitative estimate of drug-likeness (QED) is 0.275. The number of allylic oxidation sites excluding steroid dienone is 4. The Morgan fingerprint density at radius 1 is 0.560 bits per heavy atom. The van der Waals surface area contributed by atoms with Gasteiger partial charge in [-0.2, -0.15) is 0 Å². The van der Waals surface area contributed by atoms with E-state index in [4.69, 9.17) is 0 Å². The zero-order valence-electron chi connectivity index (χ0n) is 17.2. The summed E-state index contributed by atoms with van der Waals surface area (Å²) in [6.07, 6.45) is 31.4. The first kappa shape index (κ1) is 20.8. The molecule has 0 N–H and O–H groups in total. The lowest BCUT2D eigenvalue weighted by atomic mass is 9.77. The fourth-order valence-electron chi connectivity index (χ4n) is 5.26. The minimum atomic E-state index is 0.996. The molecule has 2 fully saturated rings. The first-order valence-electron chi connectivity index (χ1n) is 11.5. The maximum absolute atomic E-state index is 2.38. The van der Waals surface area contributed by atoms with Gasteiger partial charge in [-0.1, -0.05) is 88.5 Å². The van der Waals surface area contributed by atoms with Gasteiger partial charge >= 0.3 is 0 Å². The third kappa shape index (κ3) is 8.61. The average molecular weight is 345 g/mol. The van der Waals surface area contributed by atoms with Crippen molar-refractivity contribution in [1.82, 2.24) is 0 Å². The van der Waals surface area contributed by atoms with E-state index in [-0.39, 0.29) is 0 Å². The Kier molecular flexibility index (Phi) is 10.6. The van der Waals surface area contributed by atoms with Gasteiger partial charge in [-0.3, -0.25) is 0 Å². The van der Waals surface area contributed by atoms with Gasteiger partial charge in [0.15, 0.2) is 0 Å². The average Bonchev–Trinajstić information content (AvgIpc) is 2.66. The van der Waals surface area contributed by atoms with Crippen LogP contribution in [0.5, 0.6) is 0 Å². The van der Waals surface area contributed by atoms with Crippen molar-refractivity contribution in [3.05, 3.63) is 24.3 Å². The molecule has 0 heteroatoms. The fraction of sp³-hybridized carbons (Fsp3) is 0.840. The predicted molar refractivity (Wildman–Crippen MR) is 113 cm³/mol. The summed E-state index contributed by atoms with van der Waals surface area (Å²) in [5, 5.41) is 0. The molecular weight excluding hydrogens is 300 g/mol. The van der Waals surface area contributed by atoms with Gasteiger partial charge in [0.25, 0.3) is 0 Å². The van der Waals surface area contributed by atoms with Gasteiger partial charge in [0.05, 0.1) is 0 Å². The van der Waals surface area contributed by atoms with Crippen LogP contribution in [0.2, 0.25) is 0 Å². The highest BCUT2D eigenvalue weighted by Gasteiger charge is 2.22. The summed E-state index contributed by atoms with van der Waals surface area (Å²) in [6.45, 7) is 4.30. The summed E-state index contributed by atoms with van der Waals surface area (Å²) in [7, 11) is 0. The fourth-order valence-corrected chi connectivity index (χ4v) is 5.26. The van der Waals surface area contributed by atoms with E-state index in [1.54, 1.807) is 0 Å². The zero-order valence-corrected chi connectivity index (χ0v) is 17.2. The maximum Gasteiger partial charge on any atom is -0.0322 e. The van der Waals surface area contributed by atoms with Crippen LogP contribution in [0.1, 0.15) is 110 Å². The molecule has 0 saturated heterocycles. The number of hydrogen-bond acceptors (Lipinski definition) is 0. The van der Waals surface area contributed by atoms with Gasteiger partial charge in [0, 0.05) is 0 Å². The van der Waals surface area contributed by atoms with E-state index in [2.05, 4.69) is 38.2 Å². The molecule has 0 amide bonds. The van der Waals surface area contributed by atoms with Gasteiger partial charge in [-0.15, -0.1) is 0 Å². The zero-order chi connectivity index (χ0) is 17.7. The Balaban J connectivity index is 1.46. The lowest BCUT2D eigenvalue weighted by Crippen LogP contribution is -2.15. The Labute approximate surface area is 158 Å². The molecule has 0 heterocycles. The van der Waals surface area contributed by atoms with E-state index in [1.165, 1.54) is 96.3 Å². The molecule has 0 radical (unpaired) electrons. The number of hydrogen-bond donors (Lipinski definition) is 0. The van der Waals surface area contributed by atoms with Crippen molar-refractivity contribution in [2.24, 2.45) is 23.7 Å². The molecule has 0 aromatic rings. The van der Waals surface area contributed by atoms with Crippen LogP contribution < -0.4 is 0 Å². The molecule has 2 aliphatic carbocycles. The normalized spacial score (nSPS) is 31.1. The molecular formula is C25H44. The van der Waals surface area contributed by atoms with E-state index in [9.17, 15) is 0 Å². The number of unbranched alkanes of at least 4 members (excludes halogenated alkanes) is 1. The van der Waals surface area contributed by atoms with Crippen LogP contribution in [0, 0.1) is 23.7 Å². The summed E-state index contributed by atoms with van der Waals surface area (Å²) in [5.41, 5.74) is 0. The number of rotatable bonds is 10. The SMILES string of the molecule is C/C=C\CC1CCC(CCCCC2CCC(CC/C=C/C)CC2)CC1. The molecule has 0 aromatic carbocycles. The Morgan fingerprint density at radius 2 is 1.00 bits per heavy atom. The van der Waals surface area contributed by atoms with Gasteiger partial charge in [0.2, 0.25) is 0 Å². The van der Waals surface area contributed by atoms with Crippen molar-refractivity contribution < 1.29 is 0 Å². The Bertz CT molecular complexity index is 361. The highest BCUT2D eigenvalue weighted by molar-refractivity contribution is 4.83. The minimum Gasteiger partial charge on any atom is -0.0917 e. The largest absolute Gasteiger partial charge is 0.0917 e. The van der Waals surface area contributed by atoms with Crippen LogP contribution in [0.25, 0.3) is 0 Å². The molecule has 2 rings (SSSR count). The van der Waals surface area contributed by atoms with E-state index in [0.717, 1.165) is 23.7 Å². The smallest absolute Gasteiger partial charge is 0.0322 e. The second kappa shape index (κ2) is 12.8. The van der Waals surface area contributed by atoms with Crippen LogP contribution in [0.15, 0.2) is 24.3 Å². The highest BCUT2D eigenvalue weighted by atomic mass is 14.3. The standard InChI is InChI=1S/C25H44/c1-3-5-7-11-23-18-20-25(21-19-23)13-9-8-12-24-16-14-22(15-17-24)10-6-4-2/h3-6,22-25H,7-21H2,1-2H3/b5-3+,6-4-. The maximum atomic E-state index is 2.38. The molecule has 0 bridgehead atoms. The molecule has 144 valence electrons. The third-order valence-corrected chi connectivity index (χ3v) is 7.09. The molecule has 0 nitrogen and oxygen atoms in total. The summed E-state index contributed by atoms with van der Waals surface area (Å²) in [6, 6.07) is 0. The molecule has 0 aromatic heterocycles. The van der Waals surface area contributed by atoms with Crippen molar-refractivity contribution in [2.75, 3.05) is 0 Å². The molecule has 0 aliphatic heterocycles. The van der Waals surface area contributed by atoms with Crippen LogP contribution in [-0.4, -0.2) is 0 Å². The van der Waals surface area contributed by atoms with Gasteiger partial charge < -0.3 is 0 Å². The second-order valence-electron chi connectivity index (χ2n) is 9.01. The van der Waals surface area contributed by atoms with Crippen LogP contribution in [0.4, 0.5) is 0 Å². The van der Waals surface area contributed by atoms with E-state index in [0.29, 0.717) is 0 Å². The molecule has 0 unspecified atom stereocenters. The lowest BCUT2D eigenvalue weighted by molar-refractivity contribution is 0.238. The summed E-state index contributed by atoms with van der Waals surface area (Å²) in [4.78, 5) is 0. The molecule has 25 heavy (non-hydrogen) atoms. The second-order valence-corrected chi connectivity index (χ2v) is 9.01. The van der Waals surface area contributed by atoms with Crippen LogP contribution in [-0.2, 0) is 0 Å². The Morgan fingerprint density at radius 3 is 1.48 bits per heavy atom. The van der Waals surface area contributed by atoms with Crippen molar-refractivity contribution in [1.29, 1.82) is 0 Å². The minimum absolute atomic E-state index is 0.996. The van der Waals surface area contributed by atoms with Crippen molar-refractivity contribution >= 4 is 0 Å². The lowest BCUT2D eigenvalue weighted by Gasteiger charge is -2.29. The molecule has 0 atom stereocenters. The first-order chi connectivity index (χ1) is 12.3. The van der Waals surface area contributed by atoms with E-state index >= 15 is 0 Å². The van der Waals surface area contributed by atoms with Gasteiger partial charge in [-0.05, 0) is 69.6 Å². The molecule has 0 spiro atoms. The summed E-state index contributed by atoms with van der Waals surface area (Å²) in [5.74, 6) is 4.15. The predicted octanol–water partition coefficient (Wildman–Crippen LogP) is 8.48. The molecule has 2 aliphatic rings. The van der Waals surface area contributed by atoms with E-state index < -0.39 is 0 Å².